The first kappa shape index (κ1) is 8.65. The highest BCUT2D eigenvalue weighted by molar-refractivity contribution is 5.91. The van der Waals surface area contributed by atoms with Crippen molar-refractivity contribution in [2.75, 3.05) is 0 Å². The average Bonchev–Trinajstić information content (AvgIpc) is 2.03. The van der Waals surface area contributed by atoms with Gasteiger partial charge in [-0.1, -0.05) is 6.08 Å². The maximum Gasteiger partial charge on any atom is 0.152 e. The molecule has 62 valence electrons. The van der Waals surface area contributed by atoms with Gasteiger partial charge in [-0.25, -0.2) is 0 Å². The molecule has 2 heteroatoms. The highest BCUT2D eigenvalue weighted by Gasteiger charge is 1.91. The summed E-state index contributed by atoms with van der Waals surface area (Å²) in [5, 5.41) is 0. The summed E-state index contributed by atoms with van der Waals surface area (Å²) in [6.45, 7) is 3.50. The van der Waals surface area contributed by atoms with E-state index in [1.54, 1.807) is 24.5 Å². The lowest BCUT2D eigenvalue weighted by Gasteiger charge is -1.95. The molecular weight excluding hydrogens is 150 g/mol. The third kappa shape index (κ3) is 2.31. The Kier molecular flexibility index (Phi) is 2.75. The predicted octanol–water partition coefficient (Wildman–Crippen LogP) is 1.99. The lowest BCUT2D eigenvalue weighted by atomic mass is 10.1. The fraction of sp³-hybridized carbons (Fsp3) is 0.200. The van der Waals surface area contributed by atoms with Gasteiger partial charge in [0.05, 0.1) is 0 Å². The van der Waals surface area contributed by atoms with E-state index in [4.69, 9.17) is 0 Å². The molecule has 0 saturated heterocycles. The number of pyridine rings is 1. The third-order valence-electron chi connectivity index (χ3n) is 1.56. The van der Waals surface area contributed by atoms with Gasteiger partial charge in [-0.05, 0) is 37.1 Å². The van der Waals surface area contributed by atoms with Crippen LogP contribution in [0.1, 0.15) is 18.1 Å². The molecule has 1 rings (SSSR count). The first-order valence-electron chi connectivity index (χ1n) is 3.79. The molecule has 2 nitrogen and oxygen atoms in total. The molecule has 0 amide bonds. The second-order valence-electron chi connectivity index (χ2n) is 2.68. The van der Waals surface area contributed by atoms with Gasteiger partial charge in [-0.2, -0.15) is 0 Å². The van der Waals surface area contributed by atoms with E-state index in [9.17, 15) is 4.79 Å². The Morgan fingerprint density at radius 3 is 2.92 bits per heavy atom. The normalized spacial score (nSPS) is 10.5. The van der Waals surface area contributed by atoms with Crippen LogP contribution in [0.2, 0.25) is 0 Å². The molecule has 1 aromatic heterocycles. The second-order valence-corrected chi connectivity index (χ2v) is 2.68. The summed E-state index contributed by atoms with van der Waals surface area (Å²) in [6.07, 6.45) is 6.86. The van der Waals surface area contributed by atoms with Crippen LogP contribution in [0, 0.1) is 6.92 Å². The van der Waals surface area contributed by atoms with Crippen LogP contribution in [0.5, 0.6) is 0 Å². The number of aromatic nitrogens is 1. The van der Waals surface area contributed by atoms with Crippen molar-refractivity contribution < 1.29 is 4.79 Å². The van der Waals surface area contributed by atoms with Gasteiger partial charge in [0.2, 0.25) is 0 Å². The van der Waals surface area contributed by atoms with E-state index >= 15 is 0 Å². The molecule has 0 fully saturated rings. The van der Waals surface area contributed by atoms with Gasteiger partial charge in [0.1, 0.15) is 0 Å². The summed E-state index contributed by atoms with van der Waals surface area (Å²) < 4.78 is 0. The van der Waals surface area contributed by atoms with Crippen molar-refractivity contribution in [3.63, 3.8) is 0 Å². The minimum Gasteiger partial charge on any atom is -0.295 e. The van der Waals surface area contributed by atoms with Gasteiger partial charge in [-0.15, -0.1) is 0 Å². The van der Waals surface area contributed by atoms with Gasteiger partial charge in [-0.3, -0.25) is 9.78 Å². The Bertz CT molecular complexity index is 315. The molecule has 0 aliphatic heterocycles. The van der Waals surface area contributed by atoms with Crippen LogP contribution < -0.4 is 0 Å². The van der Waals surface area contributed by atoms with Crippen LogP contribution >= 0.6 is 0 Å². The van der Waals surface area contributed by atoms with Crippen molar-refractivity contribution in [2.45, 2.75) is 13.8 Å². The minimum absolute atomic E-state index is 0.0613. The second kappa shape index (κ2) is 3.81. The molecule has 0 aromatic carbocycles. The summed E-state index contributed by atoms with van der Waals surface area (Å²) in [7, 11) is 0. The van der Waals surface area contributed by atoms with E-state index < -0.39 is 0 Å². The highest BCUT2D eigenvalue weighted by Crippen LogP contribution is 2.06. The molecule has 0 aliphatic carbocycles. The van der Waals surface area contributed by atoms with Gasteiger partial charge in [0.25, 0.3) is 0 Å². The van der Waals surface area contributed by atoms with Crippen molar-refractivity contribution >= 4 is 11.9 Å². The molecule has 0 aliphatic rings. The minimum atomic E-state index is 0.0613. The fourth-order valence-electron chi connectivity index (χ4n) is 0.878. The van der Waals surface area contributed by atoms with Crippen LogP contribution in [-0.2, 0) is 4.79 Å². The van der Waals surface area contributed by atoms with E-state index in [-0.39, 0.29) is 5.78 Å². The van der Waals surface area contributed by atoms with Gasteiger partial charge < -0.3 is 0 Å². The largest absolute Gasteiger partial charge is 0.295 e. The van der Waals surface area contributed by atoms with Gasteiger partial charge in [0.15, 0.2) is 5.78 Å². The topological polar surface area (TPSA) is 30.0 Å². The van der Waals surface area contributed by atoms with Crippen LogP contribution in [-0.4, -0.2) is 10.8 Å². The van der Waals surface area contributed by atoms with E-state index in [1.165, 1.54) is 6.92 Å². The van der Waals surface area contributed by atoms with Crippen LogP contribution in [0.15, 0.2) is 24.5 Å². The number of nitrogens with zero attached hydrogens (tertiary/aromatic N) is 1. The molecule has 0 saturated carbocycles. The molecule has 1 heterocycles. The molecule has 0 spiro atoms. The SMILES string of the molecule is CC(=O)/C=C/c1ccncc1C. The monoisotopic (exact) mass is 161 g/mol. The number of allylic oxidation sites excluding steroid dienone is 1. The molecule has 0 unspecified atom stereocenters. The van der Waals surface area contributed by atoms with E-state index in [0.29, 0.717) is 0 Å². The first-order valence-corrected chi connectivity index (χ1v) is 3.79. The van der Waals surface area contributed by atoms with Gasteiger partial charge >= 0.3 is 0 Å². The van der Waals surface area contributed by atoms with Gasteiger partial charge in [0, 0.05) is 12.4 Å². The van der Waals surface area contributed by atoms with E-state index in [2.05, 4.69) is 4.98 Å². The quantitative estimate of drug-likeness (QED) is 0.621. The lowest BCUT2D eigenvalue weighted by Crippen LogP contribution is -1.84. The fourth-order valence-corrected chi connectivity index (χ4v) is 0.878. The summed E-state index contributed by atoms with van der Waals surface area (Å²) in [4.78, 5) is 14.6. The Morgan fingerprint density at radius 2 is 2.33 bits per heavy atom. The molecule has 0 N–H and O–H groups in total. The van der Waals surface area contributed by atoms with Crippen molar-refractivity contribution in [1.82, 2.24) is 4.98 Å². The summed E-state index contributed by atoms with van der Waals surface area (Å²) in [6, 6.07) is 1.88. The maximum absolute atomic E-state index is 10.6. The molecule has 0 radical (unpaired) electrons. The Morgan fingerprint density at radius 1 is 1.58 bits per heavy atom. The third-order valence-corrected chi connectivity index (χ3v) is 1.56. The number of ketones is 1. The van der Waals surface area contributed by atoms with Crippen LogP contribution in [0.4, 0.5) is 0 Å². The number of carbonyl (C=O) groups is 1. The smallest absolute Gasteiger partial charge is 0.152 e. The first-order chi connectivity index (χ1) is 5.70. The number of hydrogen-bond acceptors (Lipinski definition) is 2. The number of hydrogen-bond donors (Lipinski definition) is 0. The zero-order chi connectivity index (χ0) is 8.97. The predicted molar refractivity (Wildman–Crippen MR) is 48.7 cm³/mol. The number of aryl methyl sites for hydroxylation is 1. The summed E-state index contributed by atoms with van der Waals surface area (Å²) in [5.41, 5.74) is 2.12. The van der Waals surface area contributed by atoms with Crippen molar-refractivity contribution in [3.8, 4) is 0 Å². The van der Waals surface area contributed by atoms with Crippen molar-refractivity contribution in [1.29, 1.82) is 0 Å². The summed E-state index contributed by atoms with van der Waals surface area (Å²) in [5.74, 6) is 0.0613. The van der Waals surface area contributed by atoms with E-state index in [0.717, 1.165) is 11.1 Å². The Hall–Kier alpha value is -1.44. The molecule has 12 heavy (non-hydrogen) atoms. The highest BCUT2D eigenvalue weighted by atomic mass is 16.1. The standard InChI is InChI=1S/C10H11NO/c1-8-7-11-6-5-10(8)4-3-9(2)12/h3-7H,1-2H3/b4-3+. The molecular formula is C10H11NO. The van der Waals surface area contributed by atoms with Crippen LogP contribution in [0.25, 0.3) is 6.08 Å². The number of rotatable bonds is 2. The zero-order valence-corrected chi connectivity index (χ0v) is 7.24. The molecule has 0 bridgehead atoms. The van der Waals surface area contributed by atoms with Crippen molar-refractivity contribution in [3.05, 3.63) is 35.7 Å². The zero-order valence-electron chi connectivity index (χ0n) is 7.24. The summed E-state index contributed by atoms with van der Waals surface area (Å²) >= 11 is 0. The molecule has 1 aromatic rings. The van der Waals surface area contributed by atoms with Crippen LogP contribution in [0.3, 0.4) is 0 Å². The number of carbonyl (C=O) groups excluding carboxylic acids is 1. The molecule has 0 atom stereocenters. The average molecular weight is 161 g/mol. The Balaban J connectivity index is 2.89. The lowest BCUT2D eigenvalue weighted by molar-refractivity contribution is -0.112. The Labute approximate surface area is 71.9 Å². The van der Waals surface area contributed by atoms with E-state index in [1.807, 2.05) is 13.0 Å². The van der Waals surface area contributed by atoms with Crippen molar-refractivity contribution in [2.24, 2.45) is 0 Å². The maximum atomic E-state index is 10.6.